The van der Waals surface area contributed by atoms with Crippen LogP contribution in [0.3, 0.4) is 0 Å². The number of anilines is 2. The van der Waals surface area contributed by atoms with Gasteiger partial charge in [-0.25, -0.2) is 0 Å². The third-order valence-corrected chi connectivity index (χ3v) is 5.26. The van der Waals surface area contributed by atoms with Crippen molar-refractivity contribution in [1.29, 1.82) is 0 Å². The van der Waals surface area contributed by atoms with Crippen molar-refractivity contribution in [3.8, 4) is 11.5 Å². The molecule has 0 N–H and O–H groups in total. The van der Waals surface area contributed by atoms with E-state index in [1.807, 2.05) is 68.4 Å². The maximum absolute atomic E-state index is 12.6. The van der Waals surface area contributed by atoms with Gasteiger partial charge in [0, 0.05) is 44.2 Å². The predicted molar refractivity (Wildman–Crippen MR) is 110 cm³/mol. The highest BCUT2D eigenvalue weighted by atomic mass is 35.5. The number of amides is 1. The topological polar surface area (TPSA) is 62.5 Å². The Balaban J connectivity index is 1.54. The summed E-state index contributed by atoms with van der Waals surface area (Å²) >= 11 is 6.34. The van der Waals surface area contributed by atoms with Gasteiger partial charge in [-0.15, -0.1) is 0 Å². The Morgan fingerprint density at radius 3 is 2.61 bits per heavy atom. The summed E-state index contributed by atoms with van der Waals surface area (Å²) < 4.78 is 5.45. The van der Waals surface area contributed by atoms with Crippen molar-refractivity contribution in [3.05, 3.63) is 58.9 Å². The number of hydrogen-bond donors (Lipinski definition) is 0. The molecule has 1 atom stereocenters. The van der Waals surface area contributed by atoms with E-state index in [0.29, 0.717) is 29.7 Å². The van der Waals surface area contributed by atoms with E-state index in [9.17, 15) is 4.79 Å². The second-order valence-electron chi connectivity index (χ2n) is 7.26. The van der Waals surface area contributed by atoms with E-state index < -0.39 is 0 Å². The zero-order chi connectivity index (χ0) is 19.8. The number of aromatic nitrogens is 2. The number of nitrogens with zero attached hydrogens (tertiary/aromatic N) is 4. The van der Waals surface area contributed by atoms with Gasteiger partial charge >= 0.3 is 0 Å². The summed E-state index contributed by atoms with van der Waals surface area (Å²) in [5, 5.41) is 4.70. The Labute approximate surface area is 168 Å². The Kier molecular flexibility index (Phi) is 4.81. The molecule has 3 aromatic rings. The molecule has 28 heavy (non-hydrogen) atoms. The highest BCUT2D eigenvalue weighted by molar-refractivity contribution is 6.34. The Bertz CT molecular complexity index is 1010. The van der Waals surface area contributed by atoms with Crippen molar-refractivity contribution >= 4 is 28.9 Å². The number of halogens is 1. The summed E-state index contributed by atoms with van der Waals surface area (Å²) in [6.45, 7) is 2.45. The van der Waals surface area contributed by atoms with Crippen LogP contribution in [0.15, 0.2) is 47.0 Å². The molecule has 144 valence electrons. The fraction of sp³-hybridized carbons (Fsp3) is 0.286. The largest absolute Gasteiger partial charge is 0.378 e. The van der Waals surface area contributed by atoms with Crippen LogP contribution in [0.4, 0.5) is 11.4 Å². The molecule has 0 radical (unpaired) electrons. The van der Waals surface area contributed by atoms with Crippen LogP contribution in [-0.4, -0.2) is 36.7 Å². The van der Waals surface area contributed by atoms with Gasteiger partial charge in [-0.2, -0.15) is 4.98 Å². The molecule has 1 amide bonds. The molecule has 4 rings (SSSR count). The molecule has 1 aromatic heterocycles. The van der Waals surface area contributed by atoms with Crippen LogP contribution in [0.1, 0.15) is 23.7 Å². The van der Waals surface area contributed by atoms with Gasteiger partial charge in [-0.1, -0.05) is 22.8 Å². The minimum Gasteiger partial charge on any atom is -0.378 e. The first-order valence-electron chi connectivity index (χ1n) is 9.10. The first kappa shape index (κ1) is 18.5. The Hall–Kier alpha value is -2.86. The van der Waals surface area contributed by atoms with Gasteiger partial charge in [0.25, 0.3) is 5.89 Å². The molecule has 1 aliphatic rings. The van der Waals surface area contributed by atoms with Gasteiger partial charge in [0.15, 0.2) is 5.82 Å². The van der Waals surface area contributed by atoms with Crippen LogP contribution >= 0.6 is 11.6 Å². The number of carbonyl (C=O) groups excluding carboxylic acids is 1. The smallest absolute Gasteiger partial charge is 0.257 e. The maximum atomic E-state index is 12.6. The molecule has 2 heterocycles. The lowest BCUT2D eigenvalue weighted by atomic mass is 10.1. The van der Waals surface area contributed by atoms with E-state index >= 15 is 0 Å². The highest BCUT2D eigenvalue weighted by Gasteiger charge is 2.35. The molecule has 0 spiro atoms. The van der Waals surface area contributed by atoms with Crippen LogP contribution in [0.5, 0.6) is 0 Å². The van der Waals surface area contributed by atoms with E-state index in [0.717, 1.165) is 22.5 Å². The van der Waals surface area contributed by atoms with E-state index in [-0.39, 0.29) is 11.8 Å². The standard InChI is InChI=1S/C21H21ClN4O2/c1-13-4-9-18(17(22)10-13)26-12-15(11-19(26)27)20-23-21(28-24-20)14-5-7-16(8-6-14)25(2)3/h4-10,15H,11-12H2,1-3H3. The summed E-state index contributed by atoms with van der Waals surface area (Å²) in [5.74, 6) is 0.895. The third-order valence-electron chi connectivity index (χ3n) is 4.96. The maximum Gasteiger partial charge on any atom is 0.257 e. The van der Waals surface area contributed by atoms with E-state index in [1.54, 1.807) is 4.90 Å². The Morgan fingerprint density at radius 2 is 1.93 bits per heavy atom. The first-order valence-corrected chi connectivity index (χ1v) is 9.48. The lowest BCUT2D eigenvalue weighted by Crippen LogP contribution is -2.24. The number of rotatable bonds is 4. The molecule has 7 heteroatoms. The molecule has 1 saturated heterocycles. The molecule has 0 saturated carbocycles. The second-order valence-corrected chi connectivity index (χ2v) is 7.67. The molecule has 0 aliphatic carbocycles. The molecule has 1 fully saturated rings. The normalized spacial score (nSPS) is 16.6. The number of hydrogen-bond acceptors (Lipinski definition) is 5. The van der Waals surface area contributed by atoms with E-state index in [2.05, 4.69) is 10.1 Å². The van der Waals surface area contributed by atoms with Crippen molar-refractivity contribution in [2.45, 2.75) is 19.3 Å². The van der Waals surface area contributed by atoms with Gasteiger partial charge in [0.2, 0.25) is 5.91 Å². The first-order chi connectivity index (χ1) is 13.4. The van der Waals surface area contributed by atoms with Crippen LogP contribution < -0.4 is 9.80 Å². The molecule has 6 nitrogen and oxygen atoms in total. The number of aryl methyl sites for hydroxylation is 1. The van der Waals surface area contributed by atoms with Gasteiger partial charge in [-0.3, -0.25) is 4.79 Å². The lowest BCUT2D eigenvalue weighted by molar-refractivity contribution is -0.117. The monoisotopic (exact) mass is 396 g/mol. The van der Waals surface area contributed by atoms with Crippen LogP contribution in [0.25, 0.3) is 11.5 Å². The molecule has 1 aliphatic heterocycles. The molecule has 0 bridgehead atoms. The van der Waals surface area contributed by atoms with Crippen LogP contribution in [0, 0.1) is 6.92 Å². The van der Waals surface area contributed by atoms with Crippen LogP contribution in [0.2, 0.25) is 5.02 Å². The van der Waals surface area contributed by atoms with E-state index in [4.69, 9.17) is 16.1 Å². The van der Waals surface area contributed by atoms with Gasteiger partial charge in [-0.05, 0) is 48.9 Å². The minimum atomic E-state index is -0.122. The van der Waals surface area contributed by atoms with Crippen LogP contribution in [-0.2, 0) is 4.79 Å². The minimum absolute atomic E-state index is 0.0115. The SMILES string of the molecule is Cc1ccc(N2CC(c3noc(-c4ccc(N(C)C)cc4)n3)CC2=O)c(Cl)c1. The number of carbonyl (C=O) groups is 1. The molecular formula is C21H21ClN4O2. The summed E-state index contributed by atoms with van der Waals surface area (Å²) in [4.78, 5) is 20.8. The van der Waals surface area contributed by atoms with Gasteiger partial charge in [0.1, 0.15) is 0 Å². The van der Waals surface area contributed by atoms with Crippen molar-refractivity contribution in [1.82, 2.24) is 10.1 Å². The fourth-order valence-electron chi connectivity index (χ4n) is 3.36. The highest BCUT2D eigenvalue weighted by Crippen LogP contribution is 2.35. The van der Waals surface area contributed by atoms with Gasteiger partial charge in [0.05, 0.1) is 10.7 Å². The average Bonchev–Trinajstić information content (AvgIpc) is 3.29. The van der Waals surface area contributed by atoms with Crippen molar-refractivity contribution in [2.75, 3.05) is 30.4 Å². The predicted octanol–water partition coefficient (Wildman–Crippen LogP) is 4.28. The van der Waals surface area contributed by atoms with E-state index in [1.165, 1.54) is 0 Å². The molecule has 1 unspecified atom stereocenters. The third kappa shape index (κ3) is 3.47. The van der Waals surface area contributed by atoms with Crippen molar-refractivity contribution in [2.24, 2.45) is 0 Å². The van der Waals surface area contributed by atoms with Crippen molar-refractivity contribution < 1.29 is 9.32 Å². The average molecular weight is 397 g/mol. The second kappa shape index (κ2) is 7.28. The zero-order valence-corrected chi connectivity index (χ0v) is 16.8. The summed E-state index contributed by atoms with van der Waals surface area (Å²) in [6, 6.07) is 13.6. The van der Waals surface area contributed by atoms with Crippen molar-refractivity contribution in [3.63, 3.8) is 0 Å². The molecular weight excluding hydrogens is 376 g/mol. The fourth-order valence-corrected chi connectivity index (χ4v) is 3.70. The zero-order valence-electron chi connectivity index (χ0n) is 16.0. The summed E-state index contributed by atoms with van der Waals surface area (Å²) in [6.07, 6.45) is 0.336. The summed E-state index contributed by atoms with van der Waals surface area (Å²) in [7, 11) is 3.98. The summed E-state index contributed by atoms with van der Waals surface area (Å²) in [5.41, 5.74) is 3.73. The lowest BCUT2D eigenvalue weighted by Gasteiger charge is -2.18. The quantitative estimate of drug-likeness (QED) is 0.658. The Morgan fingerprint density at radius 1 is 1.18 bits per heavy atom. The number of benzene rings is 2. The molecule has 2 aromatic carbocycles. The van der Waals surface area contributed by atoms with Gasteiger partial charge < -0.3 is 14.3 Å².